The molecule has 1 aliphatic carbocycles. The van der Waals surface area contributed by atoms with Crippen LogP contribution in [0.1, 0.15) is 45.4 Å². The number of likely N-dealkylation sites (tertiary alicyclic amines) is 1. The Hall–Kier alpha value is -0.790. The van der Waals surface area contributed by atoms with Crippen LogP contribution in [0.15, 0.2) is 0 Å². The van der Waals surface area contributed by atoms with Gasteiger partial charge in [0.1, 0.15) is 6.04 Å². The molecule has 7 heteroatoms. The number of carbonyl (C=O) groups is 2. The third-order valence-corrected chi connectivity index (χ3v) is 7.10. The molecule has 2 atom stereocenters. The zero-order chi connectivity index (χ0) is 17.4. The second-order valence-electron chi connectivity index (χ2n) is 7.55. The summed E-state index contributed by atoms with van der Waals surface area (Å²) in [6.07, 6.45) is 5.44. The summed E-state index contributed by atoms with van der Waals surface area (Å²) in [6.45, 7) is 4.75. The fraction of sp³-hybridized carbons (Fsp3) is 0.889. The predicted molar refractivity (Wildman–Crippen MR) is 95.0 cm³/mol. The topological polar surface area (TPSA) is 59.1 Å². The van der Waals surface area contributed by atoms with Crippen LogP contribution in [0, 0.1) is 5.92 Å². The van der Waals surface area contributed by atoms with Crippen LogP contribution in [0.3, 0.4) is 0 Å². The van der Waals surface area contributed by atoms with E-state index in [9.17, 15) is 9.59 Å². The number of nitrogens with zero attached hydrogens (tertiary/aromatic N) is 2. The Morgan fingerprint density at radius 1 is 1.12 bits per heavy atom. The third-order valence-electron chi connectivity index (χ3n) is 5.74. The van der Waals surface area contributed by atoms with Crippen LogP contribution >= 0.6 is 11.8 Å². The lowest BCUT2D eigenvalue weighted by molar-refractivity contribution is -0.188. The predicted octanol–water partition coefficient (Wildman–Crippen LogP) is 1.83. The summed E-state index contributed by atoms with van der Waals surface area (Å²) in [5.74, 6) is 0.760. The van der Waals surface area contributed by atoms with Gasteiger partial charge in [0.15, 0.2) is 5.79 Å². The van der Waals surface area contributed by atoms with E-state index in [0.29, 0.717) is 26.3 Å². The van der Waals surface area contributed by atoms with Gasteiger partial charge in [-0.25, -0.2) is 0 Å². The maximum Gasteiger partial charge on any atom is 0.246 e. The largest absolute Gasteiger partial charge is 0.347 e. The highest BCUT2D eigenvalue weighted by Gasteiger charge is 2.48. The highest BCUT2D eigenvalue weighted by atomic mass is 32.2. The van der Waals surface area contributed by atoms with Gasteiger partial charge >= 0.3 is 0 Å². The number of piperidine rings is 1. The normalized spacial score (nSPS) is 31.7. The molecule has 0 aromatic carbocycles. The zero-order valence-electron chi connectivity index (χ0n) is 14.9. The fourth-order valence-electron chi connectivity index (χ4n) is 4.12. The van der Waals surface area contributed by atoms with Gasteiger partial charge < -0.3 is 19.3 Å². The molecule has 4 rings (SSSR count). The minimum absolute atomic E-state index is 0.118. The van der Waals surface area contributed by atoms with Crippen LogP contribution < -0.4 is 0 Å². The van der Waals surface area contributed by atoms with Crippen molar-refractivity contribution in [2.75, 3.05) is 32.1 Å². The summed E-state index contributed by atoms with van der Waals surface area (Å²) in [5, 5.41) is 0.171. The second-order valence-corrected chi connectivity index (χ2v) is 8.76. The van der Waals surface area contributed by atoms with E-state index in [-0.39, 0.29) is 29.1 Å². The molecule has 1 spiro atoms. The van der Waals surface area contributed by atoms with Gasteiger partial charge in [-0.1, -0.05) is 13.3 Å². The molecule has 2 unspecified atom stereocenters. The van der Waals surface area contributed by atoms with Crippen LogP contribution in [0.25, 0.3) is 0 Å². The molecule has 0 radical (unpaired) electrons. The van der Waals surface area contributed by atoms with Crippen molar-refractivity contribution in [3.8, 4) is 0 Å². The third kappa shape index (κ3) is 3.43. The maximum atomic E-state index is 13.1. The number of carbonyl (C=O) groups excluding carboxylic acids is 2. The molecule has 0 aromatic heterocycles. The summed E-state index contributed by atoms with van der Waals surface area (Å²) in [6, 6.07) is -0.283. The van der Waals surface area contributed by atoms with Crippen molar-refractivity contribution in [3.05, 3.63) is 0 Å². The lowest BCUT2D eigenvalue weighted by Crippen LogP contribution is -2.55. The van der Waals surface area contributed by atoms with Crippen LogP contribution in [-0.2, 0) is 19.1 Å². The van der Waals surface area contributed by atoms with Crippen molar-refractivity contribution < 1.29 is 19.1 Å². The molecule has 3 saturated heterocycles. The molecule has 3 heterocycles. The van der Waals surface area contributed by atoms with E-state index in [1.165, 1.54) is 0 Å². The average Bonchev–Trinajstić information content (AvgIpc) is 3.25. The maximum absolute atomic E-state index is 13.1. The van der Waals surface area contributed by atoms with Gasteiger partial charge in [0.25, 0.3) is 0 Å². The minimum Gasteiger partial charge on any atom is -0.347 e. The average molecular weight is 368 g/mol. The molecule has 4 fully saturated rings. The van der Waals surface area contributed by atoms with E-state index in [4.69, 9.17) is 9.47 Å². The van der Waals surface area contributed by atoms with Crippen LogP contribution in [0.4, 0.5) is 0 Å². The summed E-state index contributed by atoms with van der Waals surface area (Å²) in [5.41, 5.74) is 0. The molecular weight excluding hydrogens is 340 g/mol. The monoisotopic (exact) mass is 368 g/mol. The Labute approximate surface area is 153 Å². The van der Waals surface area contributed by atoms with Crippen molar-refractivity contribution in [1.82, 2.24) is 9.80 Å². The standard InChI is InChI=1S/C18H28N2O4S/c1-2-3-15-20(16(21)13-4-5-13)14(12-25-15)17(22)19-8-6-18(7-9-19)23-10-11-24-18/h13-15H,2-12H2,1H3. The van der Waals surface area contributed by atoms with Crippen molar-refractivity contribution in [2.45, 2.75) is 62.7 Å². The van der Waals surface area contributed by atoms with Gasteiger partial charge in [0.2, 0.25) is 11.8 Å². The van der Waals surface area contributed by atoms with Crippen molar-refractivity contribution >= 4 is 23.6 Å². The minimum atomic E-state index is -0.463. The summed E-state index contributed by atoms with van der Waals surface area (Å²) in [4.78, 5) is 29.8. The van der Waals surface area contributed by atoms with Crippen molar-refractivity contribution in [1.29, 1.82) is 0 Å². The Kier molecular flexibility index (Phi) is 4.99. The van der Waals surface area contributed by atoms with Gasteiger partial charge in [0, 0.05) is 37.6 Å². The highest BCUT2D eigenvalue weighted by Crippen LogP contribution is 2.40. The number of thioether (sulfide) groups is 1. The van der Waals surface area contributed by atoms with Gasteiger partial charge in [-0.15, -0.1) is 11.8 Å². The molecule has 140 valence electrons. The number of amides is 2. The number of hydrogen-bond acceptors (Lipinski definition) is 5. The smallest absolute Gasteiger partial charge is 0.246 e. The van der Waals surface area contributed by atoms with Gasteiger partial charge in [-0.05, 0) is 19.3 Å². The van der Waals surface area contributed by atoms with E-state index < -0.39 is 5.79 Å². The number of rotatable bonds is 4. The van der Waals surface area contributed by atoms with Crippen molar-refractivity contribution in [3.63, 3.8) is 0 Å². The van der Waals surface area contributed by atoms with E-state index in [1.54, 1.807) is 11.8 Å². The van der Waals surface area contributed by atoms with Gasteiger partial charge in [0.05, 0.1) is 18.6 Å². The van der Waals surface area contributed by atoms with E-state index in [1.807, 2.05) is 9.80 Å². The molecule has 0 bridgehead atoms. The number of ether oxygens (including phenoxy) is 2. The highest BCUT2D eigenvalue weighted by molar-refractivity contribution is 8.00. The molecule has 0 aromatic rings. The molecule has 1 saturated carbocycles. The first-order chi connectivity index (χ1) is 12.1. The molecule has 6 nitrogen and oxygen atoms in total. The van der Waals surface area contributed by atoms with Gasteiger partial charge in [-0.3, -0.25) is 9.59 Å². The molecule has 2 amide bonds. The summed E-state index contributed by atoms with van der Waals surface area (Å²) in [7, 11) is 0. The Morgan fingerprint density at radius 3 is 2.40 bits per heavy atom. The van der Waals surface area contributed by atoms with Crippen LogP contribution in [0.5, 0.6) is 0 Å². The SMILES string of the molecule is CCCC1SCC(C(=O)N2CCC3(CC2)OCCO3)N1C(=O)C1CC1. The van der Waals surface area contributed by atoms with Crippen LogP contribution in [0.2, 0.25) is 0 Å². The zero-order valence-corrected chi connectivity index (χ0v) is 15.8. The van der Waals surface area contributed by atoms with E-state index >= 15 is 0 Å². The Balaban J connectivity index is 1.42. The van der Waals surface area contributed by atoms with Crippen molar-refractivity contribution in [2.24, 2.45) is 5.92 Å². The lowest BCUT2D eigenvalue weighted by Gasteiger charge is -2.39. The molecule has 0 N–H and O–H groups in total. The Bertz CT molecular complexity index is 523. The molecule has 25 heavy (non-hydrogen) atoms. The first-order valence-corrected chi connectivity index (χ1v) is 10.7. The summed E-state index contributed by atoms with van der Waals surface area (Å²) < 4.78 is 11.5. The molecule has 3 aliphatic heterocycles. The quantitative estimate of drug-likeness (QED) is 0.758. The van der Waals surface area contributed by atoms with Crippen LogP contribution in [-0.4, -0.2) is 70.9 Å². The second kappa shape index (κ2) is 7.08. The van der Waals surface area contributed by atoms with E-state index in [2.05, 4.69) is 6.92 Å². The first kappa shape index (κ1) is 17.6. The number of hydrogen-bond donors (Lipinski definition) is 0. The molecule has 4 aliphatic rings. The van der Waals surface area contributed by atoms with E-state index in [0.717, 1.165) is 44.3 Å². The van der Waals surface area contributed by atoms with Gasteiger partial charge in [-0.2, -0.15) is 0 Å². The Morgan fingerprint density at radius 2 is 1.80 bits per heavy atom. The molecular formula is C18H28N2O4S. The summed E-state index contributed by atoms with van der Waals surface area (Å²) >= 11 is 1.78. The first-order valence-electron chi connectivity index (χ1n) is 9.64. The fourth-order valence-corrected chi connectivity index (χ4v) is 5.65. The lowest BCUT2D eigenvalue weighted by atomic mass is 10.0.